The van der Waals surface area contributed by atoms with Crippen LogP contribution in [0.25, 0.3) is 0 Å². The van der Waals surface area contributed by atoms with Crippen LogP contribution >= 0.6 is 0 Å². The van der Waals surface area contributed by atoms with Crippen LogP contribution in [-0.2, 0) is 16.1 Å². The minimum absolute atomic E-state index is 0.0836. The monoisotopic (exact) mass is 333 g/mol. The average molecular weight is 333 g/mol. The van der Waals surface area contributed by atoms with Crippen molar-refractivity contribution in [1.82, 2.24) is 15.1 Å². The summed E-state index contributed by atoms with van der Waals surface area (Å²) in [4.78, 5) is 27.9. The van der Waals surface area contributed by atoms with E-state index in [0.717, 1.165) is 5.56 Å². The van der Waals surface area contributed by atoms with Gasteiger partial charge in [0.25, 0.3) is 5.91 Å². The molecule has 1 aromatic rings. The van der Waals surface area contributed by atoms with Crippen LogP contribution in [-0.4, -0.2) is 67.6 Å². The third-order valence-electron chi connectivity index (χ3n) is 4.07. The van der Waals surface area contributed by atoms with Gasteiger partial charge in [0.2, 0.25) is 5.91 Å². The molecule has 24 heavy (non-hydrogen) atoms. The molecule has 132 valence electrons. The van der Waals surface area contributed by atoms with Crippen molar-refractivity contribution in [2.24, 2.45) is 0 Å². The molecule has 6 nitrogen and oxygen atoms in total. The van der Waals surface area contributed by atoms with E-state index in [1.165, 1.54) is 0 Å². The van der Waals surface area contributed by atoms with Crippen LogP contribution in [0.15, 0.2) is 24.3 Å². The summed E-state index contributed by atoms with van der Waals surface area (Å²) in [6, 6.07) is 7.44. The van der Waals surface area contributed by atoms with Crippen molar-refractivity contribution in [3.05, 3.63) is 35.4 Å². The van der Waals surface area contributed by atoms with Gasteiger partial charge in [-0.15, -0.1) is 0 Å². The molecule has 6 heteroatoms. The Bertz CT molecular complexity index is 563. The van der Waals surface area contributed by atoms with Crippen LogP contribution < -0.4 is 5.32 Å². The number of carbonyl (C=O) groups excluding carboxylic acids is 2. The first-order chi connectivity index (χ1) is 11.4. The maximum atomic E-state index is 12.4. The number of morpholine rings is 1. The lowest BCUT2D eigenvalue weighted by Gasteiger charge is -2.36. The van der Waals surface area contributed by atoms with Crippen molar-refractivity contribution in [2.75, 3.05) is 33.7 Å². The summed E-state index contributed by atoms with van der Waals surface area (Å²) in [5, 5.41) is 2.60. The molecule has 0 spiro atoms. The number of nitrogens with zero attached hydrogens (tertiary/aromatic N) is 2. The predicted molar refractivity (Wildman–Crippen MR) is 92.8 cm³/mol. The summed E-state index contributed by atoms with van der Waals surface area (Å²) >= 11 is 0. The smallest absolute Gasteiger partial charge is 0.251 e. The lowest BCUT2D eigenvalue weighted by molar-refractivity contribution is -0.144. The first-order valence-electron chi connectivity index (χ1n) is 8.32. The molecular weight excluding hydrogens is 306 g/mol. The van der Waals surface area contributed by atoms with E-state index in [4.69, 9.17) is 4.74 Å². The van der Waals surface area contributed by atoms with Crippen LogP contribution in [0.4, 0.5) is 0 Å². The zero-order chi connectivity index (χ0) is 17.7. The van der Waals surface area contributed by atoms with Crippen molar-refractivity contribution in [1.29, 1.82) is 0 Å². The third-order valence-corrected chi connectivity index (χ3v) is 4.07. The van der Waals surface area contributed by atoms with Crippen LogP contribution in [0.2, 0.25) is 0 Å². The molecule has 0 aliphatic carbocycles. The largest absolute Gasteiger partial charge is 0.372 e. The SMILES string of the molecule is CNC(=O)c1ccc(CN(C)CC(=O)N2C[C@@H](C)O[C@H](C)C2)cc1. The maximum Gasteiger partial charge on any atom is 0.251 e. The van der Waals surface area contributed by atoms with Crippen molar-refractivity contribution >= 4 is 11.8 Å². The summed E-state index contributed by atoms with van der Waals surface area (Å²) in [6.45, 7) is 6.32. The summed E-state index contributed by atoms with van der Waals surface area (Å²) in [5.41, 5.74) is 1.71. The first-order valence-corrected chi connectivity index (χ1v) is 8.32. The average Bonchev–Trinajstić information content (AvgIpc) is 2.53. The highest BCUT2D eigenvalue weighted by Gasteiger charge is 2.26. The molecule has 1 aliphatic heterocycles. The Morgan fingerprint density at radius 1 is 1.21 bits per heavy atom. The highest BCUT2D eigenvalue weighted by Crippen LogP contribution is 2.12. The molecule has 1 heterocycles. The Morgan fingerprint density at radius 2 is 1.79 bits per heavy atom. The van der Waals surface area contributed by atoms with E-state index in [0.29, 0.717) is 31.7 Å². The van der Waals surface area contributed by atoms with Gasteiger partial charge in [0.1, 0.15) is 0 Å². The normalized spacial score (nSPS) is 21.0. The second kappa shape index (κ2) is 8.26. The Balaban J connectivity index is 1.87. The van der Waals surface area contributed by atoms with Crippen molar-refractivity contribution < 1.29 is 14.3 Å². The lowest BCUT2D eigenvalue weighted by atomic mass is 10.1. The van der Waals surface area contributed by atoms with E-state index in [9.17, 15) is 9.59 Å². The molecular formula is C18H27N3O3. The molecule has 0 unspecified atom stereocenters. The summed E-state index contributed by atoms with van der Waals surface area (Å²) in [6.07, 6.45) is 0.167. The minimum atomic E-state index is -0.0966. The molecule has 2 atom stereocenters. The van der Waals surface area contributed by atoms with Gasteiger partial charge in [0.15, 0.2) is 0 Å². The van der Waals surface area contributed by atoms with Gasteiger partial charge in [0.05, 0.1) is 18.8 Å². The number of ether oxygens (including phenoxy) is 1. The molecule has 1 saturated heterocycles. The Morgan fingerprint density at radius 3 is 2.33 bits per heavy atom. The fraction of sp³-hybridized carbons (Fsp3) is 0.556. The number of benzene rings is 1. The molecule has 2 rings (SSSR count). The number of rotatable bonds is 5. The highest BCUT2D eigenvalue weighted by molar-refractivity contribution is 5.93. The van der Waals surface area contributed by atoms with Crippen LogP contribution in [0.5, 0.6) is 0 Å². The molecule has 0 saturated carbocycles. The van der Waals surface area contributed by atoms with E-state index in [1.54, 1.807) is 19.2 Å². The van der Waals surface area contributed by atoms with E-state index >= 15 is 0 Å². The number of likely N-dealkylation sites (N-methyl/N-ethyl adjacent to an activating group) is 1. The minimum Gasteiger partial charge on any atom is -0.372 e. The van der Waals surface area contributed by atoms with Gasteiger partial charge in [-0.25, -0.2) is 0 Å². The van der Waals surface area contributed by atoms with E-state index in [1.807, 2.05) is 42.8 Å². The van der Waals surface area contributed by atoms with Crippen LogP contribution in [0, 0.1) is 0 Å². The Labute approximate surface area is 143 Å². The van der Waals surface area contributed by atoms with E-state index < -0.39 is 0 Å². The van der Waals surface area contributed by atoms with Crippen molar-refractivity contribution in [2.45, 2.75) is 32.6 Å². The van der Waals surface area contributed by atoms with Gasteiger partial charge >= 0.3 is 0 Å². The predicted octanol–water partition coefficient (Wildman–Crippen LogP) is 1.11. The van der Waals surface area contributed by atoms with Gasteiger partial charge in [0, 0.05) is 32.2 Å². The number of nitrogens with one attached hydrogen (secondary N) is 1. The molecule has 1 aromatic carbocycles. The molecule has 1 aliphatic rings. The topological polar surface area (TPSA) is 61.9 Å². The Kier molecular flexibility index (Phi) is 6.34. The van der Waals surface area contributed by atoms with E-state index in [2.05, 4.69) is 5.32 Å². The summed E-state index contributed by atoms with van der Waals surface area (Å²) in [5.74, 6) is 0.0297. The zero-order valence-electron chi connectivity index (χ0n) is 14.9. The summed E-state index contributed by atoms with van der Waals surface area (Å²) < 4.78 is 5.67. The zero-order valence-corrected chi connectivity index (χ0v) is 14.9. The molecule has 0 radical (unpaired) electrons. The molecule has 0 aromatic heterocycles. The number of hydrogen-bond acceptors (Lipinski definition) is 4. The molecule has 0 bridgehead atoms. The van der Waals surface area contributed by atoms with Crippen molar-refractivity contribution in [3.63, 3.8) is 0 Å². The molecule has 1 N–H and O–H groups in total. The standard InChI is InChI=1S/C18H27N3O3/c1-13-9-21(10-14(2)24-13)17(22)12-20(4)11-15-5-7-16(8-6-15)18(23)19-3/h5-8,13-14H,9-12H2,1-4H3,(H,19,23)/t13-,14-/m1/s1. The first kappa shape index (κ1) is 18.4. The van der Waals surface area contributed by atoms with E-state index in [-0.39, 0.29) is 24.0 Å². The van der Waals surface area contributed by atoms with Gasteiger partial charge < -0.3 is 15.0 Å². The van der Waals surface area contributed by atoms with Gasteiger partial charge in [-0.1, -0.05) is 12.1 Å². The summed E-state index contributed by atoms with van der Waals surface area (Å²) in [7, 11) is 3.54. The number of carbonyl (C=O) groups is 2. The lowest BCUT2D eigenvalue weighted by Crippen LogP contribution is -2.50. The molecule has 1 fully saturated rings. The number of amides is 2. The number of hydrogen-bond donors (Lipinski definition) is 1. The maximum absolute atomic E-state index is 12.4. The highest BCUT2D eigenvalue weighted by atomic mass is 16.5. The van der Waals surface area contributed by atoms with Gasteiger partial charge in [-0.2, -0.15) is 0 Å². The quantitative estimate of drug-likeness (QED) is 0.877. The fourth-order valence-electron chi connectivity index (χ4n) is 2.99. The Hall–Kier alpha value is -1.92. The van der Waals surface area contributed by atoms with Crippen molar-refractivity contribution in [3.8, 4) is 0 Å². The van der Waals surface area contributed by atoms with Gasteiger partial charge in [-0.3, -0.25) is 14.5 Å². The molecule has 2 amide bonds. The fourth-order valence-corrected chi connectivity index (χ4v) is 2.99. The van der Waals surface area contributed by atoms with Gasteiger partial charge in [-0.05, 0) is 38.6 Å². The third kappa shape index (κ3) is 5.04. The van der Waals surface area contributed by atoms with Crippen LogP contribution in [0.3, 0.4) is 0 Å². The second-order valence-electron chi connectivity index (χ2n) is 6.50. The van der Waals surface area contributed by atoms with Crippen LogP contribution in [0.1, 0.15) is 29.8 Å². The second-order valence-corrected chi connectivity index (χ2v) is 6.50.